The van der Waals surface area contributed by atoms with Crippen molar-refractivity contribution in [1.29, 1.82) is 0 Å². The number of carbonyl (C=O) groups excluding carboxylic acids is 4. The van der Waals surface area contributed by atoms with Crippen LogP contribution in [0.1, 0.15) is 116 Å². The van der Waals surface area contributed by atoms with E-state index in [-0.39, 0.29) is 30.2 Å². The van der Waals surface area contributed by atoms with Crippen LogP contribution in [0.3, 0.4) is 0 Å². The molecule has 0 aromatic rings. The summed E-state index contributed by atoms with van der Waals surface area (Å²) in [5.74, 6) is -1.10. The van der Waals surface area contributed by atoms with Crippen molar-refractivity contribution in [1.82, 2.24) is 20.4 Å². The second kappa shape index (κ2) is 17.0. The first-order chi connectivity index (χ1) is 19.4. The van der Waals surface area contributed by atoms with Gasteiger partial charge in [-0.15, -0.1) is 0 Å². The lowest BCUT2D eigenvalue weighted by atomic mass is 9.81. The molecule has 0 aliphatic heterocycles. The van der Waals surface area contributed by atoms with E-state index in [1.165, 1.54) is 0 Å². The molecule has 0 radical (unpaired) electrons. The Balaban J connectivity index is 6.68. The molecule has 0 aliphatic carbocycles. The van der Waals surface area contributed by atoms with Crippen LogP contribution in [0.25, 0.3) is 0 Å². The third kappa shape index (κ3) is 9.04. The van der Waals surface area contributed by atoms with Crippen molar-refractivity contribution in [3.05, 3.63) is 11.6 Å². The standard InChI is InChI=1S/C33H62N4O5/c1-15-32(16-2,34-19-5)30(41)37(20-6)33(17-3,18-4)29(40)35-26(31(11,12)13)27(38)36(14)25(23(8)9)22-24(10)28(39)42-21-7/h22-23,25-26,34H,15-21H2,1-14H3,(H,35,40)/b24-22+/t25-,26?/m1/s1. The van der Waals surface area contributed by atoms with Gasteiger partial charge in [0.1, 0.15) is 11.6 Å². The summed E-state index contributed by atoms with van der Waals surface area (Å²) in [6.07, 6.45) is 3.77. The second-order valence-corrected chi connectivity index (χ2v) is 12.6. The Morgan fingerprint density at radius 2 is 1.40 bits per heavy atom. The maximum Gasteiger partial charge on any atom is 0.333 e. The third-order valence-electron chi connectivity index (χ3n) is 8.69. The molecule has 0 aromatic heterocycles. The average molecular weight is 595 g/mol. The highest BCUT2D eigenvalue weighted by Gasteiger charge is 2.50. The smallest absolute Gasteiger partial charge is 0.333 e. The number of esters is 1. The van der Waals surface area contributed by atoms with E-state index in [0.29, 0.717) is 44.3 Å². The molecule has 3 amide bonds. The van der Waals surface area contributed by atoms with Gasteiger partial charge in [0.25, 0.3) is 0 Å². The Hall–Kier alpha value is -2.42. The zero-order chi connectivity index (χ0) is 33.1. The first-order valence-corrected chi connectivity index (χ1v) is 15.9. The first kappa shape index (κ1) is 39.6. The molecule has 0 saturated carbocycles. The van der Waals surface area contributed by atoms with Crippen molar-refractivity contribution in [2.75, 3.05) is 26.7 Å². The summed E-state index contributed by atoms with van der Waals surface area (Å²) in [6.45, 7) is 26.1. The van der Waals surface area contributed by atoms with Crippen LogP contribution >= 0.6 is 0 Å². The normalized spacial score (nSPS) is 14.3. The first-order valence-electron chi connectivity index (χ1n) is 15.9. The molecule has 0 fully saturated rings. The van der Waals surface area contributed by atoms with Gasteiger partial charge in [-0.1, -0.05) is 75.3 Å². The van der Waals surface area contributed by atoms with E-state index in [4.69, 9.17) is 4.74 Å². The van der Waals surface area contributed by atoms with Crippen LogP contribution in [0, 0.1) is 11.3 Å². The molecular weight excluding hydrogens is 532 g/mol. The van der Waals surface area contributed by atoms with Gasteiger partial charge in [0, 0.05) is 19.2 Å². The SMILES string of the molecule is CCNC(CC)(CC)C(=O)N(CC)C(CC)(CC)C(=O)NC(C(=O)N(C)[C@H](/C=C(\C)C(=O)OCC)C(C)C)C(C)(C)C. The molecule has 1 unspecified atom stereocenters. The highest BCUT2D eigenvalue weighted by atomic mass is 16.5. The molecule has 0 aromatic carbocycles. The number of nitrogens with zero attached hydrogens (tertiary/aromatic N) is 2. The summed E-state index contributed by atoms with van der Waals surface area (Å²) < 4.78 is 5.14. The van der Waals surface area contributed by atoms with Crippen LogP contribution < -0.4 is 10.6 Å². The van der Waals surface area contributed by atoms with E-state index >= 15 is 0 Å². The van der Waals surface area contributed by atoms with Crippen LogP contribution in [-0.2, 0) is 23.9 Å². The van der Waals surface area contributed by atoms with Crippen molar-refractivity contribution in [3.8, 4) is 0 Å². The van der Waals surface area contributed by atoms with Crippen LogP contribution in [0.4, 0.5) is 0 Å². The summed E-state index contributed by atoms with van der Waals surface area (Å²) in [5.41, 5.74) is -2.10. The van der Waals surface area contributed by atoms with Crippen LogP contribution in [0.5, 0.6) is 0 Å². The van der Waals surface area contributed by atoms with Crippen LogP contribution in [0.15, 0.2) is 11.6 Å². The second-order valence-electron chi connectivity index (χ2n) is 12.6. The minimum Gasteiger partial charge on any atom is -0.463 e. The van der Waals surface area contributed by atoms with Gasteiger partial charge in [0.2, 0.25) is 17.7 Å². The quantitative estimate of drug-likeness (QED) is 0.180. The highest BCUT2D eigenvalue weighted by Crippen LogP contribution is 2.32. The lowest BCUT2D eigenvalue weighted by Crippen LogP contribution is -2.69. The number of amides is 3. The number of likely N-dealkylation sites (N-methyl/N-ethyl adjacent to an activating group) is 3. The molecule has 42 heavy (non-hydrogen) atoms. The Kier molecular flexibility index (Phi) is 16.0. The molecule has 0 aliphatic rings. The fraction of sp³-hybridized carbons (Fsp3) is 0.818. The molecule has 9 heteroatoms. The number of rotatable bonds is 17. The summed E-state index contributed by atoms with van der Waals surface area (Å²) in [7, 11) is 1.70. The molecule has 0 bridgehead atoms. The maximum atomic E-state index is 14.4. The summed E-state index contributed by atoms with van der Waals surface area (Å²) >= 11 is 0. The maximum absolute atomic E-state index is 14.4. The molecule has 2 atom stereocenters. The van der Waals surface area contributed by atoms with E-state index in [1.807, 2.05) is 76.2 Å². The van der Waals surface area contributed by atoms with E-state index in [9.17, 15) is 19.2 Å². The number of ether oxygens (including phenoxy) is 1. The molecule has 2 N–H and O–H groups in total. The summed E-state index contributed by atoms with van der Waals surface area (Å²) in [5, 5.41) is 6.50. The zero-order valence-corrected chi connectivity index (χ0v) is 29.2. The third-order valence-corrected chi connectivity index (χ3v) is 8.69. The number of hydrogen-bond acceptors (Lipinski definition) is 6. The van der Waals surface area contributed by atoms with E-state index in [0.717, 1.165) is 0 Å². The zero-order valence-electron chi connectivity index (χ0n) is 29.2. The Morgan fingerprint density at radius 1 is 0.881 bits per heavy atom. The molecule has 0 spiro atoms. The molecule has 0 saturated heterocycles. The van der Waals surface area contributed by atoms with Crippen molar-refractivity contribution in [2.24, 2.45) is 11.3 Å². The van der Waals surface area contributed by atoms with Gasteiger partial charge in [-0.2, -0.15) is 0 Å². The van der Waals surface area contributed by atoms with Crippen molar-refractivity contribution >= 4 is 23.7 Å². The van der Waals surface area contributed by atoms with Crippen LogP contribution in [0.2, 0.25) is 0 Å². The van der Waals surface area contributed by atoms with Gasteiger partial charge < -0.3 is 25.2 Å². The lowest BCUT2D eigenvalue weighted by molar-refractivity contribution is -0.155. The Labute approximate surface area is 256 Å². The molecule has 0 heterocycles. The van der Waals surface area contributed by atoms with E-state index in [1.54, 1.807) is 36.8 Å². The number of nitrogens with one attached hydrogen (secondary N) is 2. The lowest BCUT2D eigenvalue weighted by Gasteiger charge is -2.47. The average Bonchev–Trinajstić information content (AvgIpc) is 2.94. The Bertz CT molecular complexity index is 929. The molecule has 0 rings (SSSR count). The predicted octanol–water partition coefficient (Wildman–Crippen LogP) is 5.09. The van der Waals surface area contributed by atoms with Gasteiger partial charge >= 0.3 is 5.97 Å². The van der Waals surface area contributed by atoms with Gasteiger partial charge in [0.15, 0.2) is 0 Å². The van der Waals surface area contributed by atoms with Crippen molar-refractivity contribution in [2.45, 2.75) is 139 Å². The fourth-order valence-corrected chi connectivity index (χ4v) is 5.78. The fourth-order valence-electron chi connectivity index (χ4n) is 5.78. The van der Waals surface area contributed by atoms with Crippen molar-refractivity contribution in [3.63, 3.8) is 0 Å². The highest BCUT2D eigenvalue weighted by molar-refractivity contribution is 5.97. The molecule has 244 valence electrons. The molecule has 9 nitrogen and oxygen atoms in total. The van der Waals surface area contributed by atoms with Crippen molar-refractivity contribution < 1.29 is 23.9 Å². The van der Waals surface area contributed by atoms with Gasteiger partial charge in [-0.25, -0.2) is 4.79 Å². The monoisotopic (exact) mass is 594 g/mol. The minimum atomic E-state index is -1.13. The Morgan fingerprint density at radius 3 is 1.76 bits per heavy atom. The van der Waals surface area contributed by atoms with Gasteiger partial charge in [-0.05, 0) is 64.3 Å². The topological polar surface area (TPSA) is 108 Å². The van der Waals surface area contributed by atoms with Gasteiger partial charge in [0.05, 0.1) is 18.2 Å². The molecular formula is C33H62N4O5. The summed E-state index contributed by atoms with van der Waals surface area (Å²) in [4.78, 5) is 58.3. The predicted molar refractivity (Wildman–Crippen MR) is 171 cm³/mol. The van der Waals surface area contributed by atoms with Gasteiger partial charge in [-0.3, -0.25) is 14.4 Å². The number of hydrogen-bond donors (Lipinski definition) is 2. The van der Waals surface area contributed by atoms with Crippen LogP contribution in [-0.4, -0.2) is 83.4 Å². The minimum absolute atomic E-state index is 0.000464. The van der Waals surface area contributed by atoms with E-state index < -0.39 is 34.5 Å². The number of carbonyl (C=O) groups is 4. The summed E-state index contributed by atoms with van der Waals surface area (Å²) in [6, 6.07) is -1.26. The largest absolute Gasteiger partial charge is 0.463 e. The van der Waals surface area contributed by atoms with E-state index in [2.05, 4.69) is 10.6 Å².